The first-order valence-corrected chi connectivity index (χ1v) is 13.6. The predicted molar refractivity (Wildman–Crippen MR) is 120 cm³/mol. The Morgan fingerprint density at radius 3 is 1.60 bits per heavy atom. The largest absolute Gasteiger partial charge is 0.499 e. The SMILES string of the molecule is CCCCCCCCCCCCCCCCOOP(=O)(O)OCCOCCOCC. The Balaban J connectivity index is 3.26. The van der Waals surface area contributed by atoms with Gasteiger partial charge < -0.3 is 14.4 Å². The van der Waals surface area contributed by atoms with Gasteiger partial charge in [-0.05, 0) is 13.3 Å². The molecule has 0 aliphatic rings. The van der Waals surface area contributed by atoms with E-state index in [2.05, 4.69) is 11.6 Å². The molecule has 0 amide bonds. The lowest BCUT2D eigenvalue weighted by Crippen LogP contribution is -2.09. The van der Waals surface area contributed by atoms with E-state index in [9.17, 15) is 9.46 Å². The van der Waals surface area contributed by atoms with Crippen molar-refractivity contribution in [2.24, 2.45) is 0 Å². The highest BCUT2D eigenvalue weighted by molar-refractivity contribution is 7.47. The van der Waals surface area contributed by atoms with Gasteiger partial charge in [-0.2, -0.15) is 0 Å². The summed E-state index contributed by atoms with van der Waals surface area (Å²) in [5, 5.41) is 0. The molecule has 182 valence electrons. The van der Waals surface area contributed by atoms with Crippen LogP contribution in [0.15, 0.2) is 0 Å². The lowest BCUT2D eigenvalue weighted by atomic mass is 10.0. The van der Waals surface area contributed by atoms with Crippen molar-refractivity contribution in [3.8, 4) is 0 Å². The molecule has 0 heterocycles. The third-order valence-corrected chi connectivity index (χ3v) is 5.59. The van der Waals surface area contributed by atoms with Gasteiger partial charge in [0.25, 0.3) is 0 Å². The minimum absolute atomic E-state index is 0.0396. The van der Waals surface area contributed by atoms with Crippen LogP contribution in [0.1, 0.15) is 104 Å². The molecule has 7 nitrogen and oxygen atoms in total. The topological polar surface area (TPSA) is 83.5 Å². The molecule has 0 aliphatic carbocycles. The molecule has 1 N–H and O–H groups in total. The average molecular weight is 455 g/mol. The summed E-state index contributed by atoms with van der Waals surface area (Å²) < 4.78 is 31.2. The van der Waals surface area contributed by atoms with Crippen LogP contribution in [-0.4, -0.2) is 44.5 Å². The summed E-state index contributed by atoms with van der Waals surface area (Å²) in [7, 11) is -4.18. The van der Waals surface area contributed by atoms with Gasteiger partial charge >= 0.3 is 7.82 Å². The van der Waals surface area contributed by atoms with E-state index in [4.69, 9.17) is 18.9 Å². The zero-order valence-electron chi connectivity index (χ0n) is 19.5. The van der Waals surface area contributed by atoms with Crippen molar-refractivity contribution in [3.05, 3.63) is 0 Å². The summed E-state index contributed by atoms with van der Waals surface area (Å²) in [5.74, 6) is 0. The number of rotatable bonds is 25. The van der Waals surface area contributed by atoms with Crippen molar-refractivity contribution in [1.29, 1.82) is 0 Å². The van der Waals surface area contributed by atoms with E-state index in [1.54, 1.807) is 0 Å². The second kappa shape index (κ2) is 23.6. The lowest BCUT2D eigenvalue weighted by Gasteiger charge is -2.11. The Kier molecular flexibility index (Phi) is 23.6. The van der Waals surface area contributed by atoms with E-state index in [1.165, 1.54) is 70.6 Å². The van der Waals surface area contributed by atoms with Gasteiger partial charge in [0, 0.05) is 6.61 Å². The zero-order valence-corrected chi connectivity index (χ0v) is 20.4. The minimum Gasteiger partial charge on any atom is -0.379 e. The van der Waals surface area contributed by atoms with Gasteiger partial charge in [-0.1, -0.05) is 90.4 Å². The van der Waals surface area contributed by atoms with Crippen LogP contribution < -0.4 is 0 Å². The summed E-state index contributed by atoms with van der Waals surface area (Å²) in [6, 6.07) is 0. The van der Waals surface area contributed by atoms with E-state index >= 15 is 0 Å². The minimum atomic E-state index is -4.18. The third-order valence-electron chi connectivity index (χ3n) is 4.79. The highest BCUT2D eigenvalue weighted by Gasteiger charge is 2.22. The van der Waals surface area contributed by atoms with Crippen molar-refractivity contribution in [2.45, 2.75) is 104 Å². The van der Waals surface area contributed by atoms with Crippen LogP contribution in [0.3, 0.4) is 0 Å². The first kappa shape index (κ1) is 30.0. The summed E-state index contributed by atoms with van der Waals surface area (Å²) >= 11 is 0. The van der Waals surface area contributed by atoms with Crippen molar-refractivity contribution in [3.63, 3.8) is 0 Å². The van der Waals surface area contributed by atoms with Gasteiger partial charge in [0.05, 0.1) is 33.0 Å². The van der Waals surface area contributed by atoms with Gasteiger partial charge in [0.1, 0.15) is 0 Å². The van der Waals surface area contributed by atoms with Crippen molar-refractivity contribution in [2.75, 3.05) is 39.6 Å². The molecule has 0 saturated heterocycles. The van der Waals surface area contributed by atoms with Crippen molar-refractivity contribution < 1.29 is 33.0 Å². The summed E-state index contributed by atoms with van der Waals surface area (Å²) in [6.45, 7) is 6.15. The molecule has 0 aromatic rings. The van der Waals surface area contributed by atoms with Crippen molar-refractivity contribution in [1.82, 2.24) is 0 Å². The highest BCUT2D eigenvalue weighted by Crippen LogP contribution is 2.43. The van der Waals surface area contributed by atoms with E-state index < -0.39 is 7.82 Å². The zero-order chi connectivity index (χ0) is 22.2. The molecule has 0 fully saturated rings. The molecule has 0 aromatic carbocycles. The van der Waals surface area contributed by atoms with Crippen LogP contribution >= 0.6 is 7.82 Å². The Morgan fingerprint density at radius 1 is 0.600 bits per heavy atom. The molecule has 0 saturated carbocycles. The third kappa shape index (κ3) is 24.3. The number of phosphoric acid groups is 1. The molecule has 8 heteroatoms. The molecule has 0 spiro atoms. The maximum absolute atomic E-state index is 11.6. The van der Waals surface area contributed by atoms with E-state index in [1.807, 2.05) is 6.92 Å². The second-order valence-electron chi connectivity index (χ2n) is 7.60. The highest BCUT2D eigenvalue weighted by atomic mass is 31.2. The van der Waals surface area contributed by atoms with Gasteiger partial charge in [0.15, 0.2) is 0 Å². The number of phosphoric ester groups is 1. The van der Waals surface area contributed by atoms with Crippen molar-refractivity contribution >= 4 is 7.82 Å². The normalized spacial score (nSPS) is 13.6. The summed E-state index contributed by atoms with van der Waals surface area (Å²) in [4.78, 5) is 14.3. The van der Waals surface area contributed by atoms with Crippen LogP contribution in [0, 0.1) is 0 Å². The van der Waals surface area contributed by atoms with Gasteiger partial charge in [-0.3, -0.25) is 4.52 Å². The monoisotopic (exact) mass is 454 g/mol. The smallest absolute Gasteiger partial charge is 0.379 e. The first-order chi connectivity index (χ1) is 14.6. The number of unbranched alkanes of at least 4 members (excludes halogenated alkanes) is 13. The Bertz CT molecular complexity index is 382. The molecule has 1 unspecified atom stereocenters. The summed E-state index contributed by atoms with van der Waals surface area (Å²) in [5.41, 5.74) is 0. The fraction of sp³-hybridized carbons (Fsp3) is 1.00. The Hall–Kier alpha value is -0.0100. The molecule has 1 atom stereocenters. The Morgan fingerprint density at radius 2 is 1.07 bits per heavy atom. The van der Waals surface area contributed by atoms with Crippen LogP contribution in [-0.2, 0) is 28.1 Å². The number of ether oxygens (including phenoxy) is 2. The van der Waals surface area contributed by atoms with Crippen LogP contribution in [0.25, 0.3) is 0 Å². The van der Waals surface area contributed by atoms with E-state index in [-0.39, 0.29) is 19.8 Å². The summed E-state index contributed by atoms with van der Waals surface area (Å²) in [6.07, 6.45) is 17.9. The van der Waals surface area contributed by atoms with Crippen LogP contribution in [0.2, 0.25) is 0 Å². The van der Waals surface area contributed by atoms with E-state index in [0.717, 1.165) is 19.3 Å². The molecule has 0 aliphatic heterocycles. The number of hydrogen-bond donors (Lipinski definition) is 1. The lowest BCUT2D eigenvalue weighted by molar-refractivity contribution is -0.225. The molecule has 0 rings (SSSR count). The maximum atomic E-state index is 11.6. The number of hydrogen-bond acceptors (Lipinski definition) is 6. The van der Waals surface area contributed by atoms with Gasteiger partial charge in [0.2, 0.25) is 0 Å². The maximum Gasteiger partial charge on any atom is 0.499 e. The fourth-order valence-electron chi connectivity index (χ4n) is 3.06. The molecule has 0 aromatic heterocycles. The van der Waals surface area contributed by atoms with E-state index in [0.29, 0.717) is 19.8 Å². The van der Waals surface area contributed by atoms with Gasteiger partial charge in [-0.25, -0.2) is 9.45 Å². The van der Waals surface area contributed by atoms with Crippen LogP contribution in [0.4, 0.5) is 0 Å². The quantitative estimate of drug-likeness (QED) is 0.0721. The molecule has 0 bridgehead atoms. The molecule has 0 radical (unpaired) electrons. The van der Waals surface area contributed by atoms with Gasteiger partial charge in [-0.15, -0.1) is 4.67 Å². The molecular formula is C22H47O7P. The fourth-order valence-corrected chi connectivity index (χ4v) is 3.61. The Labute approximate surface area is 184 Å². The molecule has 30 heavy (non-hydrogen) atoms. The standard InChI is InChI=1S/C22H47O7P/c1-3-5-6-7-8-9-10-11-12-13-14-15-16-17-18-27-29-30(23,24)28-22-21-26-20-19-25-4-2/h3-22H2,1-2H3,(H,23,24). The average Bonchev–Trinajstić information content (AvgIpc) is 2.72. The molecular weight excluding hydrogens is 407 g/mol. The predicted octanol–water partition coefficient (Wildman–Crippen LogP) is 6.59. The van der Waals surface area contributed by atoms with Crippen LogP contribution in [0.5, 0.6) is 0 Å². The first-order valence-electron chi connectivity index (χ1n) is 12.1. The second-order valence-corrected chi connectivity index (χ2v) is 8.95.